The first-order chi connectivity index (χ1) is 9.43. The summed E-state index contributed by atoms with van der Waals surface area (Å²) in [6.45, 7) is 7.44. The molecule has 2 N–H and O–H groups in total. The Balaban J connectivity index is 2.50. The van der Waals surface area contributed by atoms with Crippen molar-refractivity contribution in [1.82, 2.24) is 5.32 Å². The molecular formula is C15H22N2O3. The molecule has 1 aromatic carbocycles. The number of rotatable bonds is 6. The van der Waals surface area contributed by atoms with Crippen molar-refractivity contribution in [3.05, 3.63) is 29.8 Å². The van der Waals surface area contributed by atoms with Crippen LogP contribution in [0.2, 0.25) is 0 Å². The molecule has 1 amide bonds. The Morgan fingerprint density at radius 1 is 1.15 bits per heavy atom. The van der Waals surface area contributed by atoms with Crippen LogP contribution in [0.4, 0.5) is 5.69 Å². The normalized spacial score (nSPS) is 13.4. The molecule has 0 fully saturated rings. The molecule has 0 bridgehead atoms. The van der Waals surface area contributed by atoms with Crippen LogP contribution in [0.1, 0.15) is 26.3 Å². The van der Waals surface area contributed by atoms with Crippen LogP contribution in [0.5, 0.6) is 0 Å². The average molecular weight is 278 g/mol. The third-order valence-corrected chi connectivity index (χ3v) is 2.85. The van der Waals surface area contributed by atoms with Crippen LogP contribution in [0.3, 0.4) is 0 Å². The lowest BCUT2D eigenvalue weighted by molar-refractivity contribution is -0.145. The summed E-state index contributed by atoms with van der Waals surface area (Å²) in [5.74, 6) is -0.549. The number of ether oxygens (including phenoxy) is 1. The van der Waals surface area contributed by atoms with E-state index in [1.807, 2.05) is 31.2 Å². The highest BCUT2D eigenvalue weighted by atomic mass is 16.5. The minimum absolute atomic E-state index is 0.190. The fraction of sp³-hybridized carbons (Fsp3) is 0.467. The number of aryl methyl sites for hydroxylation is 1. The van der Waals surface area contributed by atoms with E-state index in [1.165, 1.54) is 0 Å². The fourth-order valence-corrected chi connectivity index (χ4v) is 1.67. The minimum Gasteiger partial charge on any atom is -0.465 e. The fourth-order valence-electron chi connectivity index (χ4n) is 1.67. The zero-order valence-corrected chi connectivity index (χ0v) is 12.4. The van der Waals surface area contributed by atoms with Gasteiger partial charge >= 0.3 is 5.97 Å². The second-order valence-corrected chi connectivity index (χ2v) is 4.72. The number of esters is 1. The number of nitrogens with one attached hydrogen (secondary N) is 2. The van der Waals surface area contributed by atoms with Gasteiger partial charge in [0.25, 0.3) is 0 Å². The van der Waals surface area contributed by atoms with Crippen molar-refractivity contribution in [3.63, 3.8) is 0 Å². The molecule has 0 aromatic heterocycles. The Morgan fingerprint density at radius 2 is 1.75 bits per heavy atom. The van der Waals surface area contributed by atoms with Crippen molar-refractivity contribution in [2.75, 3.05) is 11.9 Å². The second kappa shape index (κ2) is 7.65. The third kappa shape index (κ3) is 5.01. The van der Waals surface area contributed by atoms with Gasteiger partial charge in [-0.05, 0) is 39.8 Å². The summed E-state index contributed by atoms with van der Waals surface area (Å²) >= 11 is 0. The topological polar surface area (TPSA) is 67.4 Å². The van der Waals surface area contributed by atoms with Crippen molar-refractivity contribution in [1.29, 1.82) is 0 Å². The summed E-state index contributed by atoms with van der Waals surface area (Å²) in [7, 11) is 0. The van der Waals surface area contributed by atoms with Gasteiger partial charge in [0.2, 0.25) is 5.91 Å². The van der Waals surface area contributed by atoms with Gasteiger partial charge < -0.3 is 10.1 Å². The molecule has 2 atom stereocenters. The molecule has 110 valence electrons. The molecule has 0 radical (unpaired) electrons. The van der Waals surface area contributed by atoms with E-state index in [0.29, 0.717) is 6.61 Å². The van der Waals surface area contributed by atoms with Crippen LogP contribution in [0.25, 0.3) is 0 Å². The summed E-state index contributed by atoms with van der Waals surface area (Å²) in [5.41, 5.74) is 1.86. The number of benzene rings is 1. The molecule has 1 rings (SSSR count). The highest BCUT2D eigenvalue weighted by Crippen LogP contribution is 2.09. The first-order valence-corrected chi connectivity index (χ1v) is 6.74. The lowest BCUT2D eigenvalue weighted by Gasteiger charge is -2.18. The highest BCUT2D eigenvalue weighted by molar-refractivity contribution is 5.94. The lowest BCUT2D eigenvalue weighted by atomic mass is 10.2. The van der Waals surface area contributed by atoms with E-state index < -0.39 is 12.1 Å². The summed E-state index contributed by atoms with van der Waals surface area (Å²) in [6, 6.07) is 6.53. The van der Waals surface area contributed by atoms with Crippen LogP contribution in [0, 0.1) is 6.92 Å². The Labute approximate surface area is 119 Å². The SMILES string of the molecule is CCOC(=O)C(C)NC(C)C(=O)Nc1ccc(C)cc1. The number of anilines is 1. The number of carbonyl (C=O) groups excluding carboxylic acids is 2. The maximum absolute atomic E-state index is 12.0. The molecule has 0 aliphatic rings. The van der Waals surface area contributed by atoms with Crippen LogP contribution < -0.4 is 10.6 Å². The molecule has 2 unspecified atom stereocenters. The van der Waals surface area contributed by atoms with E-state index in [-0.39, 0.29) is 11.9 Å². The minimum atomic E-state index is -0.520. The zero-order valence-electron chi connectivity index (χ0n) is 12.4. The molecule has 0 aliphatic heterocycles. The van der Waals surface area contributed by atoms with Gasteiger partial charge in [0.05, 0.1) is 12.6 Å². The lowest BCUT2D eigenvalue weighted by Crippen LogP contribution is -2.46. The molecule has 0 heterocycles. The van der Waals surface area contributed by atoms with Crippen molar-refractivity contribution in [2.45, 2.75) is 39.8 Å². The smallest absolute Gasteiger partial charge is 0.322 e. The number of amides is 1. The van der Waals surface area contributed by atoms with Gasteiger partial charge in [-0.25, -0.2) is 0 Å². The van der Waals surface area contributed by atoms with Crippen LogP contribution in [-0.2, 0) is 14.3 Å². The highest BCUT2D eigenvalue weighted by Gasteiger charge is 2.20. The van der Waals surface area contributed by atoms with Crippen molar-refractivity contribution in [2.24, 2.45) is 0 Å². The molecule has 0 aliphatic carbocycles. The number of carbonyl (C=O) groups is 2. The zero-order chi connectivity index (χ0) is 15.1. The first kappa shape index (κ1) is 16.2. The van der Waals surface area contributed by atoms with Crippen molar-refractivity contribution < 1.29 is 14.3 Å². The Hall–Kier alpha value is -1.88. The Kier molecular flexibility index (Phi) is 6.18. The summed E-state index contributed by atoms with van der Waals surface area (Å²) in [5, 5.41) is 5.70. The van der Waals surface area contributed by atoms with E-state index in [1.54, 1.807) is 20.8 Å². The third-order valence-electron chi connectivity index (χ3n) is 2.85. The van der Waals surface area contributed by atoms with Crippen molar-refractivity contribution >= 4 is 17.6 Å². The van der Waals surface area contributed by atoms with Gasteiger partial charge in [-0.15, -0.1) is 0 Å². The van der Waals surface area contributed by atoms with Crippen LogP contribution in [0.15, 0.2) is 24.3 Å². The summed E-state index contributed by atoms with van der Waals surface area (Å²) < 4.78 is 4.88. The monoisotopic (exact) mass is 278 g/mol. The molecular weight excluding hydrogens is 256 g/mol. The van der Waals surface area contributed by atoms with Gasteiger partial charge in [-0.1, -0.05) is 17.7 Å². The predicted octanol–water partition coefficient (Wildman–Crippen LogP) is 1.86. The van der Waals surface area contributed by atoms with Crippen molar-refractivity contribution in [3.8, 4) is 0 Å². The average Bonchev–Trinajstić information content (AvgIpc) is 2.41. The Morgan fingerprint density at radius 3 is 2.30 bits per heavy atom. The predicted molar refractivity (Wildman–Crippen MR) is 78.5 cm³/mol. The molecule has 0 spiro atoms. The summed E-state index contributed by atoms with van der Waals surface area (Å²) in [4.78, 5) is 23.5. The first-order valence-electron chi connectivity index (χ1n) is 6.74. The Bertz CT molecular complexity index is 457. The van der Waals surface area contributed by atoms with E-state index in [4.69, 9.17) is 4.74 Å². The largest absolute Gasteiger partial charge is 0.465 e. The van der Waals surface area contributed by atoms with E-state index in [9.17, 15) is 9.59 Å². The van der Waals surface area contributed by atoms with E-state index in [2.05, 4.69) is 10.6 Å². The summed E-state index contributed by atoms with van der Waals surface area (Å²) in [6.07, 6.45) is 0. The van der Waals surface area contributed by atoms with Crippen LogP contribution in [-0.4, -0.2) is 30.6 Å². The molecule has 1 aromatic rings. The maximum atomic E-state index is 12.0. The molecule has 0 saturated heterocycles. The van der Waals surface area contributed by atoms with Gasteiger partial charge in [-0.2, -0.15) is 0 Å². The van der Waals surface area contributed by atoms with E-state index >= 15 is 0 Å². The van der Waals surface area contributed by atoms with E-state index in [0.717, 1.165) is 11.3 Å². The molecule has 5 heteroatoms. The quantitative estimate of drug-likeness (QED) is 0.779. The second-order valence-electron chi connectivity index (χ2n) is 4.72. The number of hydrogen-bond donors (Lipinski definition) is 2. The molecule has 20 heavy (non-hydrogen) atoms. The maximum Gasteiger partial charge on any atom is 0.322 e. The van der Waals surface area contributed by atoms with Crippen LogP contribution >= 0.6 is 0 Å². The molecule has 5 nitrogen and oxygen atoms in total. The van der Waals surface area contributed by atoms with Gasteiger partial charge in [0.15, 0.2) is 0 Å². The van der Waals surface area contributed by atoms with Gasteiger partial charge in [-0.3, -0.25) is 14.9 Å². The van der Waals surface area contributed by atoms with Gasteiger partial charge in [0, 0.05) is 5.69 Å². The molecule has 0 saturated carbocycles. The standard InChI is InChI=1S/C15H22N2O3/c1-5-20-15(19)12(4)16-11(3)14(18)17-13-8-6-10(2)7-9-13/h6-9,11-12,16H,5H2,1-4H3,(H,17,18). The number of hydrogen-bond acceptors (Lipinski definition) is 4. The van der Waals surface area contributed by atoms with Gasteiger partial charge in [0.1, 0.15) is 6.04 Å².